The first-order valence-corrected chi connectivity index (χ1v) is 8.31. The Morgan fingerprint density at radius 1 is 1.19 bits per heavy atom. The van der Waals surface area contributed by atoms with Gasteiger partial charge in [0.25, 0.3) is 0 Å². The first-order chi connectivity index (χ1) is 10.2. The quantitative estimate of drug-likeness (QED) is 0.741. The van der Waals surface area contributed by atoms with Gasteiger partial charge in [0.05, 0.1) is 0 Å². The Morgan fingerprint density at radius 3 is 2.76 bits per heavy atom. The third kappa shape index (κ3) is 5.23. The molecule has 21 heavy (non-hydrogen) atoms. The van der Waals surface area contributed by atoms with Crippen LogP contribution in [0.1, 0.15) is 30.0 Å². The molecule has 0 atom stereocenters. The van der Waals surface area contributed by atoms with Crippen molar-refractivity contribution in [2.24, 2.45) is 0 Å². The fraction of sp³-hybridized carbons (Fsp3) is 0.412. The maximum absolute atomic E-state index is 14.0. The molecule has 0 fully saturated rings. The molecule has 114 valence electrons. The van der Waals surface area contributed by atoms with Crippen LogP contribution in [0.25, 0.3) is 0 Å². The number of hydrogen-bond donors (Lipinski definition) is 1. The summed E-state index contributed by atoms with van der Waals surface area (Å²) in [4.78, 5) is 2.14. The molecule has 0 amide bonds. The van der Waals surface area contributed by atoms with Crippen molar-refractivity contribution in [3.8, 4) is 0 Å². The Balaban J connectivity index is 1.96. The predicted molar refractivity (Wildman–Crippen MR) is 87.9 cm³/mol. The van der Waals surface area contributed by atoms with E-state index in [1.165, 1.54) is 5.56 Å². The highest BCUT2D eigenvalue weighted by molar-refractivity contribution is 7.07. The first kappa shape index (κ1) is 16.1. The Labute approximate surface area is 130 Å². The zero-order valence-electron chi connectivity index (χ0n) is 12.7. The van der Waals surface area contributed by atoms with E-state index < -0.39 is 0 Å². The first-order valence-electron chi connectivity index (χ1n) is 7.36. The molecule has 0 spiro atoms. The van der Waals surface area contributed by atoms with Crippen LogP contribution in [-0.4, -0.2) is 18.5 Å². The predicted octanol–water partition coefficient (Wildman–Crippen LogP) is 4.02. The van der Waals surface area contributed by atoms with Crippen molar-refractivity contribution in [1.82, 2.24) is 10.2 Å². The summed E-state index contributed by atoms with van der Waals surface area (Å²) in [5, 5.41) is 7.56. The molecule has 0 bridgehead atoms. The molecule has 0 radical (unpaired) electrons. The molecule has 0 aliphatic heterocycles. The van der Waals surface area contributed by atoms with Gasteiger partial charge in [-0.25, -0.2) is 4.39 Å². The smallest absolute Gasteiger partial charge is 0.127 e. The summed E-state index contributed by atoms with van der Waals surface area (Å²) in [5.41, 5.74) is 3.19. The minimum Gasteiger partial charge on any atom is -0.313 e. The van der Waals surface area contributed by atoms with Gasteiger partial charge in [-0.2, -0.15) is 11.3 Å². The lowest BCUT2D eigenvalue weighted by atomic mass is 10.1. The second kappa shape index (κ2) is 8.27. The second-order valence-corrected chi connectivity index (χ2v) is 6.19. The summed E-state index contributed by atoms with van der Waals surface area (Å²) >= 11 is 1.70. The molecule has 0 saturated heterocycles. The van der Waals surface area contributed by atoms with E-state index in [0.717, 1.165) is 37.2 Å². The summed E-state index contributed by atoms with van der Waals surface area (Å²) < 4.78 is 14.0. The fourth-order valence-corrected chi connectivity index (χ4v) is 2.97. The summed E-state index contributed by atoms with van der Waals surface area (Å²) in [7, 11) is 2.03. The number of benzene rings is 1. The van der Waals surface area contributed by atoms with E-state index in [-0.39, 0.29) is 5.82 Å². The van der Waals surface area contributed by atoms with E-state index in [2.05, 4.69) is 34.0 Å². The molecule has 1 N–H and O–H groups in total. The summed E-state index contributed by atoms with van der Waals surface area (Å²) in [5.74, 6) is -0.119. The van der Waals surface area contributed by atoms with Gasteiger partial charge in [0.2, 0.25) is 0 Å². The van der Waals surface area contributed by atoms with E-state index in [4.69, 9.17) is 0 Å². The maximum Gasteiger partial charge on any atom is 0.127 e. The molecule has 0 aliphatic carbocycles. The molecular weight excluding hydrogens is 283 g/mol. The highest BCUT2D eigenvalue weighted by Crippen LogP contribution is 2.15. The SMILES string of the molecule is CCCNCc1ccc(F)c(CN(C)Cc2ccsc2)c1. The van der Waals surface area contributed by atoms with Crippen LogP contribution >= 0.6 is 11.3 Å². The van der Waals surface area contributed by atoms with Gasteiger partial charge in [-0.3, -0.25) is 4.90 Å². The Hall–Kier alpha value is -1.23. The highest BCUT2D eigenvalue weighted by Gasteiger charge is 2.08. The van der Waals surface area contributed by atoms with Crippen LogP contribution in [0.3, 0.4) is 0 Å². The van der Waals surface area contributed by atoms with Gasteiger partial charge >= 0.3 is 0 Å². The summed E-state index contributed by atoms with van der Waals surface area (Å²) in [6.45, 7) is 5.41. The van der Waals surface area contributed by atoms with E-state index in [9.17, 15) is 4.39 Å². The van der Waals surface area contributed by atoms with E-state index >= 15 is 0 Å². The van der Waals surface area contributed by atoms with Gasteiger partial charge in [0, 0.05) is 25.2 Å². The number of hydrogen-bond acceptors (Lipinski definition) is 3. The van der Waals surface area contributed by atoms with E-state index in [1.807, 2.05) is 19.2 Å². The van der Waals surface area contributed by atoms with Crippen LogP contribution in [-0.2, 0) is 19.6 Å². The minimum absolute atomic E-state index is 0.119. The largest absolute Gasteiger partial charge is 0.313 e. The van der Waals surface area contributed by atoms with Gasteiger partial charge in [-0.1, -0.05) is 19.1 Å². The summed E-state index contributed by atoms with van der Waals surface area (Å²) in [6.07, 6.45) is 1.11. The molecule has 0 saturated carbocycles. The number of rotatable bonds is 8. The van der Waals surface area contributed by atoms with Crippen LogP contribution in [0.2, 0.25) is 0 Å². The van der Waals surface area contributed by atoms with Gasteiger partial charge in [-0.05, 0) is 54.0 Å². The maximum atomic E-state index is 14.0. The number of thiophene rings is 1. The third-order valence-electron chi connectivity index (χ3n) is 3.34. The van der Waals surface area contributed by atoms with Gasteiger partial charge < -0.3 is 5.32 Å². The Bertz CT molecular complexity index is 540. The molecule has 1 aromatic carbocycles. The van der Waals surface area contributed by atoms with Crippen molar-refractivity contribution < 1.29 is 4.39 Å². The van der Waals surface area contributed by atoms with Crippen LogP contribution < -0.4 is 5.32 Å². The average Bonchev–Trinajstić information content (AvgIpc) is 2.95. The van der Waals surface area contributed by atoms with Gasteiger partial charge in [0.15, 0.2) is 0 Å². The van der Waals surface area contributed by atoms with Crippen molar-refractivity contribution in [1.29, 1.82) is 0 Å². The molecule has 0 aliphatic rings. The van der Waals surface area contributed by atoms with Crippen molar-refractivity contribution >= 4 is 11.3 Å². The molecule has 2 rings (SSSR count). The van der Waals surface area contributed by atoms with Crippen molar-refractivity contribution in [3.63, 3.8) is 0 Å². The van der Waals surface area contributed by atoms with Crippen LogP contribution in [0.15, 0.2) is 35.0 Å². The van der Waals surface area contributed by atoms with E-state index in [1.54, 1.807) is 17.4 Å². The molecule has 1 aromatic heterocycles. The number of nitrogens with zero attached hydrogens (tertiary/aromatic N) is 1. The van der Waals surface area contributed by atoms with Crippen molar-refractivity contribution in [2.45, 2.75) is 33.0 Å². The molecule has 4 heteroatoms. The zero-order chi connectivity index (χ0) is 15.1. The molecule has 1 heterocycles. The van der Waals surface area contributed by atoms with Gasteiger partial charge in [-0.15, -0.1) is 0 Å². The molecule has 2 aromatic rings. The van der Waals surface area contributed by atoms with Crippen LogP contribution in [0, 0.1) is 5.82 Å². The molecule has 0 unspecified atom stereocenters. The molecular formula is C17H23FN2S. The van der Waals surface area contributed by atoms with Crippen LogP contribution in [0.4, 0.5) is 4.39 Å². The Kier molecular flexibility index (Phi) is 6.36. The zero-order valence-corrected chi connectivity index (χ0v) is 13.5. The highest BCUT2D eigenvalue weighted by atomic mass is 32.1. The second-order valence-electron chi connectivity index (χ2n) is 5.41. The monoisotopic (exact) mass is 306 g/mol. The Morgan fingerprint density at radius 2 is 2.05 bits per heavy atom. The third-order valence-corrected chi connectivity index (χ3v) is 4.07. The standard InChI is InChI=1S/C17H23FN2S/c1-3-7-19-10-14-4-5-17(18)16(9-14)12-20(2)11-15-6-8-21-13-15/h4-6,8-9,13,19H,3,7,10-12H2,1-2H3. The lowest BCUT2D eigenvalue weighted by Gasteiger charge is -2.17. The van der Waals surface area contributed by atoms with Crippen molar-refractivity contribution in [2.75, 3.05) is 13.6 Å². The summed E-state index contributed by atoms with van der Waals surface area (Å²) in [6, 6.07) is 7.53. The van der Waals surface area contributed by atoms with Crippen LogP contribution in [0.5, 0.6) is 0 Å². The lowest BCUT2D eigenvalue weighted by Crippen LogP contribution is -2.18. The lowest BCUT2D eigenvalue weighted by molar-refractivity contribution is 0.314. The average molecular weight is 306 g/mol. The normalized spacial score (nSPS) is 11.2. The molecule has 2 nitrogen and oxygen atoms in total. The number of halogens is 1. The topological polar surface area (TPSA) is 15.3 Å². The fourth-order valence-electron chi connectivity index (χ4n) is 2.31. The minimum atomic E-state index is -0.119. The van der Waals surface area contributed by atoms with Gasteiger partial charge in [0.1, 0.15) is 5.82 Å². The van der Waals surface area contributed by atoms with E-state index in [0.29, 0.717) is 6.54 Å². The number of nitrogens with one attached hydrogen (secondary N) is 1. The van der Waals surface area contributed by atoms with Crippen molar-refractivity contribution in [3.05, 3.63) is 57.5 Å².